The summed E-state index contributed by atoms with van der Waals surface area (Å²) in [6, 6.07) is 16.7. The van der Waals surface area contributed by atoms with Gasteiger partial charge in [-0.3, -0.25) is 0 Å². The molecule has 0 radical (unpaired) electrons. The molecular formula is C28H33N4O7S+. The average Bonchev–Trinajstić information content (AvgIpc) is 3.42. The summed E-state index contributed by atoms with van der Waals surface area (Å²) in [6.07, 6.45) is 1.59. The summed E-state index contributed by atoms with van der Waals surface area (Å²) in [5.74, 6) is -0.127. The van der Waals surface area contributed by atoms with Gasteiger partial charge in [0.1, 0.15) is 23.7 Å². The normalized spacial score (nSPS) is 11.3. The van der Waals surface area contributed by atoms with E-state index >= 15 is 0 Å². The van der Waals surface area contributed by atoms with Gasteiger partial charge in [-0.25, -0.2) is 17.9 Å². The van der Waals surface area contributed by atoms with E-state index in [1.54, 1.807) is 42.6 Å². The van der Waals surface area contributed by atoms with E-state index in [-0.39, 0.29) is 22.0 Å². The Morgan fingerprint density at radius 3 is 2.02 bits per heavy atom. The maximum atomic E-state index is 13.3. The number of quaternary nitrogens is 1. The maximum Gasteiger partial charge on any atom is 0.335 e. The van der Waals surface area contributed by atoms with Crippen LogP contribution in [0.1, 0.15) is 10.4 Å². The van der Waals surface area contributed by atoms with Crippen LogP contribution in [0.4, 0.5) is 0 Å². The van der Waals surface area contributed by atoms with Crippen LogP contribution in [0.15, 0.2) is 82.7 Å². The number of para-hydroxylation sites is 1. The molecule has 12 heteroatoms. The highest BCUT2D eigenvalue weighted by molar-refractivity contribution is 7.91. The smallest absolute Gasteiger partial charge is 0.335 e. The number of aromatic carboxylic acids is 1. The molecule has 0 atom stereocenters. The second-order valence-corrected chi connectivity index (χ2v) is 11.5. The number of aliphatic hydroxyl groups excluding tert-OH is 1. The summed E-state index contributed by atoms with van der Waals surface area (Å²) in [6.45, 7) is 1.11. The van der Waals surface area contributed by atoms with Crippen molar-refractivity contribution in [1.29, 1.82) is 0 Å². The molecule has 0 aliphatic carbocycles. The Hall–Kier alpha value is -4.26. The Bertz CT molecular complexity index is 1540. The maximum absolute atomic E-state index is 13.3. The minimum Gasteiger partial charge on any atom is -0.494 e. The van der Waals surface area contributed by atoms with Crippen molar-refractivity contribution in [3.8, 4) is 28.4 Å². The Balaban J connectivity index is 0.000000559. The number of carboxylic acids is 1. The molecule has 4 aromatic rings. The summed E-state index contributed by atoms with van der Waals surface area (Å²) in [4.78, 5) is 11.1. The molecule has 0 aliphatic heterocycles. The van der Waals surface area contributed by atoms with Gasteiger partial charge >= 0.3 is 5.97 Å². The number of rotatable bonds is 9. The van der Waals surface area contributed by atoms with Crippen LogP contribution in [0, 0.1) is 0 Å². The van der Waals surface area contributed by atoms with E-state index in [1.807, 2.05) is 0 Å². The Morgan fingerprint density at radius 2 is 1.52 bits per heavy atom. The van der Waals surface area contributed by atoms with Crippen LogP contribution < -0.4 is 9.47 Å². The molecule has 0 saturated heterocycles. The SMILES string of the molecule is COc1cccc(OC)c1-n1cc(-c2ccccc2S(=O)(=O)c2ccc(C(=O)O)cc2)nn1.C[N+](C)(C)CCO. The third-order valence-corrected chi connectivity index (χ3v) is 7.59. The first-order valence-corrected chi connectivity index (χ1v) is 13.6. The monoisotopic (exact) mass is 569 g/mol. The van der Waals surface area contributed by atoms with Crippen molar-refractivity contribution >= 4 is 15.8 Å². The van der Waals surface area contributed by atoms with Gasteiger partial charge in [0.2, 0.25) is 9.84 Å². The van der Waals surface area contributed by atoms with Crippen molar-refractivity contribution in [2.45, 2.75) is 9.79 Å². The van der Waals surface area contributed by atoms with E-state index in [0.717, 1.165) is 11.0 Å². The standard InChI is InChI=1S/C23H19N3O6S.C5H14NO/c1-31-19-7-5-8-20(32-2)22(19)26-14-18(24-25-26)17-6-3-4-9-21(17)33(29,30)16-12-10-15(11-13-16)23(27)28;1-6(2,3)4-5-7/h3-14H,1-2H3,(H,27,28);7H,4-5H2,1-3H3/q;+1. The van der Waals surface area contributed by atoms with Crippen molar-refractivity contribution in [2.24, 2.45) is 0 Å². The number of sulfone groups is 1. The zero-order chi connectivity index (χ0) is 29.5. The van der Waals surface area contributed by atoms with Crippen LogP contribution in [-0.2, 0) is 9.84 Å². The lowest BCUT2D eigenvalue weighted by Crippen LogP contribution is -2.36. The largest absolute Gasteiger partial charge is 0.494 e. The highest BCUT2D eigenvalue weighted by Gasteiger charge is 2.24. The number of hydrogen-bond acceptors (Lipinski definition) is 8. The number of likely N-dealkylation sites (N-methyl/N-ethyl adjacent to an activating group) is 1. The predicted octanol–water partition coefficient (Wildman–Crippen LogP) is 3.17. The predicted molar refractivity (Wildman–Crippen MR) is 149 cm³/mol. The molecule has 2 N–H and O–H groups in total. The molecule has 40 heavy (non-hydrogen) atoms. The zero-order valence-electron chi connectivity index (χ0n) is 23.0. The fourth-order valence-corrected chi connectivity index (χ4v) is 5.14. The number of aromatic nitrogens is 3. The lowest BCUT2D eigenvalue weighted by molar-refractivity contribution is -0.870. The Morgan fingerprint density at radius 1 is 0.925 bits per heavy atom. The summed E-state index contributed by atoms with van der Waals surface area (Å²) in [5, 5.41) is 25.8. The number of aliphatic hydroxyl groups is 1. The molecule has 0 spiro atoms. The third kappa shape index (κ3) is 7.03. The first-order valence-electron chi connectivity index (χ1n) is 12.2. The van der Waals surface area contributed by atoms with Gasteiger partial charge in [0, 0.05) is 5.56 Å². The highest BCUT2D eigenvalue weighted by Crippen LogP contribution is 2.34. The van der Waals surface area contributed by atoms with Crippen LogP contribution in [0.5, 0.6) is 11.5 Å². The van der Waals surface area contributed by atoms with Crippen LogP contribution in [0.2, 0.25) is 0 Å². The van der Waals surface area contributed by atoms with E-state index < -0.39 is 15.8 Å². The minimum atomic E-state index is -3.96. The van der Waals surface area contributed by atoms with Crippen LogP contribution in [0.25, 0.3) is 16.9 Å². The van der Waals surface area contributed by atoms with E-state index in [1.165, 1.54) is 49.2 Å². The van der Waals surface area contributed by atoms with Gasteiger partial charge < -0.3 is 24.2 Å². The molecule has 0 fully saturated rings. The van der Waals surface area contributed by atoms with E-state index in [4.69, 9.17) is 19.7 Å². The van der Waals surface area contributed by atoms with Crippen molar-refractivity contribution < 1.29 is 37.4 Å². The molecule has 4 rings (SSSR count). The van der Waals surface area contributed by atoms with Gasteiger partial charge in [-0.15, -0.1) is 5.10 Å². The first-order chi connectivity index (χ1) is 18.9. The molecule has 0 bridgehead atoms. The quantitative estimate of drug-likeness (QED) is 0.291. The van der Waals surface area contributed by atoms with Crippen LogP contribution in [0.3, 0.4) is 0 Å². The number of benzene rings is 3. The van der Waals surface area contributed by atoms with Gasteiger partial charge in [-0.05, 0) is 42.5 Å². The van der Waals surface area contributed by atoms with E-state index in [0.29, 0.717) is 28.4 Å². The van der Waals surface area contributed by atoms with Gasteiger partial charge in [-0.1, -0.05) is 29.5 Å². The molecule has 1 heterocycles. The molecule has 212 valence electrons. The molecule has 3 aromatic carbocycles. The molecule has 0 saturated carbocycles. The number of nitrogens with zero attached hydrogens (tertiary/aromatic N) is 4. The Labute approximate surface area is 233 Å². The van der Waals surface area contributed by atoms with E-state index in [2.05, 4.69) is 31.5 Å². The Kier molecular flexibility index (Phi) is 9.64. The fourth-order valence-electron chi connectivity index (χ4n) is 3.67. The van der Waals surface area contributed by atoms with Crippen molar-refractivity contribution in [1.82, 2.24) is 15.0 Å². The van der Waals surface area contributed by atoms with Gasteiger partial charge in [-0.2, -0.15) is 0 Å². The molecule has 0 unspecified atom stereocenters. The fraction of sp³-hybridized carbons (Fsp3) is 0.250. The third-order valence-electron chi connectivity index (χ3n) is 5.76. The summed E-state index contributed by atoms with van der Waals surface area (Å²) in [5.41, 5.74) is 1.19. The van der Waals surface area contributed by atoms with E-state index in [9.17, 15) is 13.2 Å². The lowest BCUT2D eigenvalue weighted by Gasteiger charge is -2.21. The zero-order valence-corrected chi connectivity index (χ0v) is 23.8. The summed E-state index contributed by atoms with van der Waals surface area (Å²) in [7, 11) is 5.24. The molecular weight excluding hydrogens is 536 g/mol. The molecule has 1 aromatic heterocycles. The second kappa shape index (κ2) is 12.7. The number of carboxylic acid groups (broad SMARTS) is 1. The van der Waals surface area contributed by atoms with Crippen molar-refractivity contribution in [3.05, 3.63) is 78.5 Å². The molecule has 11 nitrogen and oxygen atoms in total. The minimum absolute atomic E-state index is 0.00376. The molecule has 0 amide bonds. The van der Waals surface area contributed by atoms with Crippen molar-refractivity contribution in [2.75, 3.05) is 48.5 Å². The number of ether oxygens (including phenoxy) is 2. The summed E-state index contributed by atoms with van der Waals surface area (Å²) < 4.78 is 39.8. The highest BCUT2D eigenvalue weighted by atomic mass is 32.2. The lowest BCUT2D eigenvalue weighted by atomic mass is 10.2. The van der Waals surface area contributed by atoms with Crippen LogP contribution in [-0.4, -0.2) is 92.6 Å². The first kappa shape index (κ1) is 30.3. The van der Waals surface area contributed by atoms with Crippen LogP contribution >= 0.6 is 0 Å². The van der Waals surface area contributed by atoms with Gasteiger partial charge in [0.25, 0.3) is 0 Å². The van der Waals surface area contributed by atoms with Gasteiger partial charge in [0.05, 0.1) is 63.5 Å². The average molecular weight is 570 g/mol. The topological polar surface area (TPSA) is 141 Å². The second-order valence-electron chi connectivity index (χ2n) is 9.63. The number of methoxy groups -OCH3 is 2. The number of hydrogen-bond donors (Lipinski definition) is 2. The van der Waals surface area contributed by atoms with Gasteiger partial charge in [0.15, 0.2) is 5.69 Å². The number of carbonyl (C=O) groups is 1. The molecule has 0 aliphatic rings. The summed E-state index contributed by atoms with van der Waals surface area (Å²) >= 11 is 0. The van der Waals surface area contributed by atoms with Crippen molar-refractivity contribution in [3.63, 3.8) is 0 Å².